The number of nitrogens with zero attached hydrogens (tertiary/aromatic N) is 3. The summed E-state index contributed by atoms with van der Waals surface area (Å²) in [6, 6.07) is 20.1. The summed E-state index contributed by atoms with van der Waals surface area (Å²) in [5.74, 6) is 0.0234. The van der Waals surface area contributed by atoms with Crippen molar-refractivity contribution < 1.29 is 9.53 Å². The van der Waals surface area contributed by atoms with Gasteiger partial charge in [0.1, 0.15) is 5.75 Å². The van der Waals surface area contributed by atoms with E-state index >= 15 is 0 Å². The number of hydrogen-bond donors (Lipinski definition) is 0. The Morgan fingerprint density at radius 1 is 0.885 bits per heavy atom. The van der Waals surface area contributed by atoms with Gasteiger partial charge in [0, 0.05) is 11.8 Å². The largest absolute Gasteiger partial charge is 0.422 e. The standard InChI is InChI=1S/C21H15N3O2/c1-14-6-8-16(9-7-14)23-24-17-10-11-20-15(12-17)13-22-19-5-3-2-4-18(19)21(25)26-20/h2-13H,1H3. The zero-order valence-corrected chi connectivity index (χ0v) is 14.1. The number of esters is 1. The smallest absolute Gasteiger partial charge is 0.345 e. The Hall–Kier alpha value is -3.60. The normalized spacial score (nSPS) is 12.9. The first-order chi connectivity index (χ1) is 12.7. The number of carbonyl (C=O) groups is 1. The molecule has 0 saturated heterocycles. The predicted octanol–water partition coefficient (Wildman–Crippen LogP) is 5.69. The number of aryl methyl sites for hydroxylation is 1. The topological polar surface area (TPSA) is 63.4 Å². The summed E-state index contributed by atoms with van der Waals surface area (Å²) in [7, 11) is 0. The second kappa shape index (κ2) is 6.72. The summed E-state index contributed by atoms with van der Waals surface area (Å²) in [5, 5.41) is 8.49. The van der Waals surface area contributed by atoms with Gasteiger partial charge in [-0.05, 0) is 49.4 Å². The quantitative estimate of drug-likeness (QED) is 0.341. The highest BCUT2D eigenvalue weighted by molar-refractivity contribution is 6.00. The highest BCUT2D eigenvalue weighted by Gasteiger charge is 2.17. The van der Waals surface area contributed by atoms with Crippen LogP contribution in [0.1, 0.15) is 21.5 Å². The number of aliphatic imine (C=N–C) groups is 1. The third-order valence-corrected chi connectivity index (χ3v) is 3.98. The van der Waals surface area contributed by atoms with E-state index < -0.39 is 5.97 Å². The first-order valence-corrected chi connectivity index (χ1v) is 8.17. The number of rotatable bonds is 2. The van der Waals surface area contributed by atoms with Crippen molar-refractivity contribution in [1.29, 1.82) is 0 Å². The van der Waals surface area contributed by atoms with Crippen LogP contribution in [0.4, 0.5) is 17.1 Å². The number of azo groups is 1. The Balaban J connectivity index is 1.66. The van der Waals surface area contributed by atoms with Gasteiger partial charge in [-0.25, -0.2) is 4.79 Å². The molecular formula is C21H15N3O2. The molecule has 0 N–H and O–H groups in total. The zero-order chi connectivity index (χ0) is 17.9. The first-order valence-electron chi connectivity index (χ1n) is 8.17. The van der Waals surface area contributed by atoms with E-state index in [4.69, 9.17) is 4.74 Å². The fourth-order valence-electron chi connectivity index (χ4n) is 2.57. The van der Waals surface area contributed by atoms with Crippen molar-refractivity contribution in [2.24, 2.45) is 15.2 Å². The van der Waals surface area contributed by atoms with Crippen molar-refractivity contribution in [3.8, 4) is 5.75 Å². The maximum atomic E-state index is 12.3. The summed E-state index contributed by atoms with van der Waals surface area (Å²) >= 11 is 0. The fourth-order valence-corrected chi connectivity index (χ4v) is 2.57. The van der Waals surface area contributed by atoms with Crippen LogP contribution < -0.4 is 4.74 Å². The molecule has 0 bridgehead atoms. The van der Waals surface area contributed by atoms with Gasteiger partial charge in [0.25, 0.3) is 0 Å². The molecule has 126 valence electrons. The lowest BCUT2D eigenvalue weighted by Crippen LogP contribution is -2.11. The summed E-state index contributed by atoms with van der Waals surface area (Å²) in [6.45, 7) is 2.02. The molecule has 0 amide bonds. The minimum absolute atomic E-state index is 0.423. The molecule has 0 aromatic heterocycles. The second-order valence-corrected chi connectivity index (χ2v) is 5.92. The van der Waals surface area contributed by atoms with Crippen LogP contribution in [0.3, 0.4) is 0 Å². The van der Waals surface area contributed by atoms with Gasteiger partial charge in [-0.1, -0.05) is 29.8 Å². The van der Waals surface area contributed by atoms with Gasteiger partial charge in [-0.3, -0.25) is 4.99 Å². The van der Waals surface area contributed by atoms with E-state index in [1.165, 1.54) is 5.56 Å². The second-order valence-electron chi connectivity index (χ2n) is 5.92. The molecule has 3 aromatic rings. The minimum Gasteiger partial charge on any atom is -0.422 e. The molecule has 4 rings (SSSR count). The van der Waals surface area contributed by atoms with Crippen molar-refractivity contribution in [3.63, 3.8) is 0 Å². The first kappa shape index (κ1) is 15.9. The highest BCUT2D eigenvalue weighted by atomic mass is 16.5. The molecular weight excluding hydrogens is 326 g/mol. The molecule has 0 atom stereocenters. The van der Waals surface area contributed by atoms with E-state index in [1.54, 1.807) is 42.6 Å². The number of ether oxygens (including phenoxy) is 1. The summed E-state index contributed by atoms with van der Waals surface area (Å²) < 4.78 is 5.49. The fraction of sp³-hybridized carbons (Fsp3) is 0.0476. The molecule has 0 fully saturated rings. The van der Waals surface area contributed by atoms with Crippen LogP contribution in [0, 0.1) is 6.92 Å². The Morgan fingerprint density at radius 3 is 2.46 bits per heavy atom. The number of fused-ring (bicyclic) bond motifs is 2. The van der Waals surface area contributed by atoms with Gasteiger partial charge in [-0.15, -0.1) is 0 Å². The van der Waals surface area contributed by atoms with Crippen LogP contribution in [0.25, 0.3) is 0 Å². The van der Waals surface area contributed by atoms with Crippen molar-refractivity contribution in [2.75, 3.05) is 0 Å². The Kier molecular flexibility index (Phi) is 4.11. The van der Waals surface area contributed by atoms with Crippen molar-refractivity contribution in [2.45, 2.75) is 6.92 Å². The molecule has 26 heavy (non-hydrogen) atoms. The van der Waals surface area contributed by atoms with E-state index in [0.29, 0.717) is 28.3 Å². The lowest BCUT2D eigenvalue weighted by atomic mass is 10.1. The molecule has 5 heteroatoms. The molecule has 0 aliphatic carbocycles. The van der Waals surface area contributed by atoms with Gasteiger partial charge < -0.3 is 4.74 Å². The molecule has 5 nitrogen and oxygen atoms in total. The van der Waals surface area contributed by atoms with E-state index in [-0.39, 0.29) is 0 Å². The molecule has 0 unspecified atom stereocenters. The molecule has 0 radical (unpaired) electrons. The van der Waals surface area contributed by atoms with Gasteiger partial charge in [0.05, 0.1) is 22.6 Å². The van der Waals surface area contributed by atoms with Crippen LogP contribution in [0.15, 0.2) is 82.0 Å². The molecule has 3 aromatic carbocycles. The number of carbonyl (C=O) groups excluding carboxylic acids is 1. The van der Waals surface area contributed by atoms with Crippen LogP contribution in [0.5, 0.6) is 5.75 Å². The molecule has 1 heterocycles. The molecule has 0 spiro atoms. The van der Waals surface area contributed by atoms with Crippen molar-refractivity contribution in [1.82, 2.24) is 0 Å². The van der Waals surface area contributed by atoms with Crippen LogP contribution in [0.2, 0.25) is 0 Å². The highest BCUT2D eigenvalue weighted by Crippen LogP contribution is 2.29. The van der Waals surface area contributed by atoms with Crippen LogP contribution >= 0.6 is 0 Å². The maximum Gasteiger partial charge on any atom is 0.345 e. The number of para-hydroxylation sites is 1. The Bertz CT molecular complexity index is 1040. The van der Waals surface area contributed by atoms with Crippen LogP contribution in [-0.4, -0.2) is 12.2 Å². The van der Waals surface area contributed by atoms with E-state index in [9.17, 15) is 4.79 Å². The third-order valence-electron chi connectivity index (χ3n) is 3.98. The molecule has 1 aliphatic heterocycles. The van der Waals surface area contributed by atoms with E-state index in [1.807, 2.05) is 37.3 Å². The zero-order valence-electron chi connectivity index (χ0n) is 14.1. The monoisotopic (exact) mass is 341 g/mol. The van der Waals surface area contributed by atoms with Crippen molar-refractivity contribution in [3.05, 3.63) is 83.4 Å². The number of benzene rings is 3. The average Bonchev–Trinajstić information content (AvgIpc) is 2.66. The molecule has 1 aliphatic rings. The lowest BCUT2D eigenvalue weighted by molar-refractivity contribution is 0.0735. The predicted molar refractivity (Wildman–Crippen MR) is 100 cm³/mol. The SMILES string of the molecule is Cc1ccc(N=Nc2ccc3c(c2)C=Nc2ccccc2C(=O)O3)cc1. The molecule has 0 saturated carbocycles. The number of hydrogen-bond acceptors (Lipinski definition) is 5. The Morgan fingerprint density at radius 2 is 1.62 bits per heavy atom. The van der Waals surface area contributed by atoms with Gasteiger partial charge in [0.15, 0.2) is 0 Å². The Labute approximate surface area is 150 Å². The minimum atomic E-state index is -0.423. The summed E-state index contributed by atoms with van der Waals surface area (Å²) in [6.07, 6.45) is 1.67. The maximum absolute atomic E-state index is 12.3. The van der Waals surface area contributed by atoms with Crippen molar-refractivity contribution >= 4 is 29.2 Å². The average molecular weight is 341 g/mol. The summed E-state index contributed by atoms with van der Waals surface area (Å²) in [4.78, 5) is 16.7. The van der Waals surface area contributed by atoms with Gasteiger partial charge in [-0.2, -0.15) is 10.2 Å². The van der Waals surface area contributed by atoms with E-state index in [0.717, 1.165) is 5.69 Å². The van der Waals surface area contributed by atoms with Gasteiger partial charge in [0.2, 0.25) is 0 Å². The van der Waals surface area contributed by atoms with Gasteiger partial charge >= 0.3 is 5.97 Å². The lowest BCUT2D eigenvalue weighted by Gasteiger charge is -2.12. The third kappa shape index (κ3) is 3.28. The van der Waals surface area contributed by atoms with E-state index in [2.05, 4.69) is 15.2 Å². The van der Waals surface area contributed by atoms with Crippen LogP contribution in [-0.2, 0) is 0 Å². The summed E-state index contributed by atoms with van der Waals surface area (Å²) in [5.41, 5.74) is 4.29.